The predicted octanol–water partition coefficient (Wildman–Crippen LogP) is 1.83. The summed E-state index contributed by atoms with van der Waals surface area (Å²) in [5, 5.41) is 3.22. The van der Waals surface area contributed by atoms with Gasteiger partial charge in [0.1, 0.15) is 0 Å². The summed E-state index contributed by atoms with van der Waals surface area (Å²) in [6.45, 7) is 7.60. The van der Waals surface area contributed by atoms with Gasteiger partial charge in [0.2, 0.25) is 10.0 Å². The molecule has 0 bridgehead atoms. The van der Waals surface area contributed by atoms with E-state index in [2.05, 4.69) is 19.2 Å². The van der Waals surface area contributed by atoms with Crippen LogP contribution >= 0.6 is 0 Å². The molecule has 18 heavy (non-hydrogen) atoms. The highest BCUT2D eigenvalue weighted by molar-refractivity contribution is 7.89. The van der Waals surface area contributed by atoms with E-state index in [-0.39, 0.29) is 0 Å². The van der Waals surface area contributed by atoms with Crippen LogP contribution in [0.4, 0.5) is 0 Å². The van der Waals surface area contributed by atoms with E-state index in [9.17, 15) is 8.42 Å². The minimum absolute atomic E-state index is 0.317. The van der Waals surface area contributed by atoms with Gasteiger partial charge < -0.3 is 5.32 Å². The van der Waals surface area contributed by atoms with E-state index in [0.717, 1.165) is 58.3 Å². The third-order valence-corrected chi connectivity index (χ3v) is 5.52. The number of hydrogen-bond acceptors (Lipinski definition) is 3. The molecule has 4 nitrogen and oxygen atoms in total. The Kier molecular flexibility index (Phi) is 7.19. The third-order valence-electron chi connectivity index (χ3n) is 3.59. The van der Waals surface area contributed by atoms with Gasteiger partial charge in [-0.2, -0.15) is 0 Å². The number of sulfonamides is 1. The Morgan fingerprint density at radius 1 is 1.28 bits per heavy atom. The molecule has 0 saturated carbocycles. The molecule has 1 fully saturated rings. The van der Waals surface area contributed by atoms with Crippen molar-refractivity contribution < 1.29 is 8.42 Å². The van der Waals surface area contributed by atoms with Crippen LogP contribution in [0.25, 0.3) is 0 Å². The van der Waals surface area contributed by atoms with Crippen LogP contribution < -0.4 is 5.32 Å². The van der Waals surface area contributed by atoms with Crippen LogP contribution in [0.15, 0.2) is 0 Å². The van der Waals surface area contributed by atoms with Gasteiger partial charge in [-0.25, -0.2) is 12.7 Å². The molecular weight excluding hydrogens is 248 g/mol. The van der Waals surface area contributed by atoms with Crippen molar-refractivity contribution in [2.24, 2.45) is 5.92 Å². The maximum Gasteiger partial charge on any atom is 0.214 e. The summed E-state index contributed by atoms with van der Waals surface area (Å²) in [4.78, 5) is 0. The van der Waals surface area contributed by atoms with Crippen molar-refractivity contribution in [3.63, 3.8) is 0 Å². The molecule has 1 aliphatic rings. The van der Waals surface area contributed by atoms with E-state index < -0.39 is 10.0 Å². The van der Waals surface area contributed by atoms with Crippen molar-refractivity contribution in [1.29, 1.82) is 0 Å². The minimum atomic E-state index is -2.99. The Bertz CT molecular complexity index is 317. The van der Waals surface area contributed by atoms with Crippen molar-refractivity contribution in [2.75, 3.05) is 31.9 Å². The minimum Gasteiger partial charge on any atom is -0.317 e. The van der Waals surface area contributed by atoms with Crippen LogP contribution in [0.5, 0.6) is 0 Å². The number of nitrogens with one attached hydrogen (secondary N) is 1. The zero-order chi connectivity index (χ0) is 13.4. The highest BCUT2D eigenvalue weighted by Gasteiger charge is 2.30. The molecule has 0 aromatic heterocycles. The standard InChI is InChI=1S/C13H28N2O2S/c1-3-7-13-8-10-15(12-13)18(16,17)11-6-5-9-14-4-2/h13-14H,3-12H2,1-2H3. The van der Waals surface area contributed by atoms with Gasteiger partial charge in [-0.05, 0) is 44.7 Å². The van der Waals surface area contributed by atoms with Crippen LogP contribution in [0.1, 0.15) is 46.0 Å². The molecule has 0 aromatic rings. The largest absolute Gasteiger partial charge is 0.317 e. The van der Waals surface area contributed by atoms with Gasteiger partial charge >= 0.3 is 0 Å². The van der Waals surface area contributed by atoms with E-state index >= 15 is 0 Å². The van der Waals surface area contributed by atoms with Gasteiger partial charge in [-0.15, -0.1) is 0 Å². The van der Waals surface area contributed by atoms with E-state index in [1.54, 1.807) is 4.31 Å². The fourth-order valence-electron chi connectivity index (χ4n) is 2.53. The molecule has 108 valence electrons. The molecule has 0 spiro atoms. The number of rotatable bonds is 9. The lowest BCUT2D eigenvalue weighted by Crippen LogP contribution is -2.31. The lowest BCUT2D eigenvalue weighted by molar-refractivity contribution is 0.443. The molecule has 1 rings (SSSR count). The molecule has 0 aliphatic carbocycles. The van der Waals surface area contributed by atoms with Crippen LogP contribution in [-0.2, 0) is 10.0 Å². The topological polar surface area (TPSA) is 49.4 Å². The third kappa shape index (κ3) is 5.24. The Balaban J connectivity index is 2.27. The Morgan fingerprint density at radius 3 is 2.72 bits per heavy atom. The molecule has 1 saturated heterocycles. The first-order valence-corrected chi connectivity index (χ1v) is 8.89. The fourth-order valence-corrected chi connectivity index (χ4v) is 4.18. The predicted molar refractivity (Wildman–Crippen MR) is 76.2 cm³/mol. The number of nitrogens with zero attached hydrogens (tertiary/aromatic N) is 1. The van der Waals surface area contributed by atoms with Crippen LogP contribution in [-0.4, -0.2) is 44.7 Å². The lowest BCUT2D eigenvalue weighted by atomic mass is 10.0. The van der Waals surface area contributed by atoms with Crippen LogP contribution in [0.3, 0.4) is 0 Å². The summed E-state index contributed by atoms with van der Waals surface area (Å²) in [6, 6.07) is 0. The summed E-state index contributed by atoms with van der Waals surface area (Å²) in [5.74, 6) is 0.906. The second-order valence-electron chi connectivity index (χ2n) is 5.18. The second kappa shape index (κ2) is 8.12. The molecular formula is C13H28N2O2S. The van der Waals surface area contributed by atoms with Gasteiger partial charge in [0, 0.05) is 13.1 Å². The quantitative estimate of drug-likeness (QED) is 0.654. The SMILES string of the molecule is CCCC1CCN(S(=O)(=O)CCCCNCC)C1. The maximum absolute atomic E-state index is 12.1. The van der Waals surface area contributed by atoms with Crippen LogP contribution in [0, 0.1) is 5.92 Å². The highest BCUT2D eigenvalue weighted by Crippen LogP contribution is 2.23. The van der Waals surface area contributed by atoms with Gasteiger partial charge in [-0.3, -0.25) is 0 Å². The van der Waals surface area contributed by atoms with Gasteiger partial charge in [0.25, 0.3) is 0 Å². The van der Waals surface area contributed by atoms with Crippen molar-refractivity contribution in [3.05, 3.63) is 0 Å². The van der Waals surface area contributed by atoms with E-state index in [1.807, 2.05) is 0 Å². The average Bonchev–Trinajstić information content (AvgIpc) is 2.79. The van der Waals surface area contributed by atoms with E-state index in [0.29, 0.717) is 11.7 Å². The molecule has 1 N–H and O–H groups in total. The van der Waals surface area contributed by atoms with Crippen molar-refractivity contribution in [3.8, 4) is 0 Å². The smallest absolute Gasteiger partial charge is 0.214 e. The molecule has 0 radical (unpaired) electrons. The van der Waals surface area contributed by atoms with Crippen molar-refractivity contribution in [2.45, 2.75) is 46.0 Å². The van der Waals surface area contributed by atoms with Gasteiger partial charge in [-0.1, -0.05) is 20.3 Å². The summed E-state index contributed by atoms with van der Waals surface area (Å²) >= 11 is 0. The second-order valence-corrected chi connectivity index (χ2v) is 7.27. The van der Waals surface area contributed by atoms with Crippen molar-refractivity contribution in [1.82, 2.24) is 9.62 Å². The molecule has 1 aliphatic heterocycles. The fraction of sp³-hybridized carbons (Fsp3) is 1.00. The molecule has 1 heterocycles. The normalized spacial score (nSPS) is 21.6. The van der Waals surface area contributed by atoms with Crippen molar-refractivity contribution >= 4 is 10.0 Å². The zero-order valence-corrected chi connectivity index (χ0v) is 12.6. The van der Waals surface area contributed by atoms with E-state index in [1.165, 1.54) is 0 Å². The van der Waals surface area contributed by atoms with Crippen LogP contribution in [0.2, 0.25) is 0 Å². The number of hydrogen-bond donors (Lipinski definition) is 1. The Morgan fingerprint density at radius 2 is 2.06 bits per heavy atom. The average molecular weight is 276 g/mol. The highest BCUT2D eigenvalue weighted by atomic mass is 32.2. The Labute approximate surface area is 112 Å². The molecule has 5 heteroatoms. The Hall–Kier alpha value is -0.130. The monoisotopic (exact) mass is 276 g/mol. The summed E-state index contributed by atoms with van der Waals surface area (Å²) in [5.41, 5.74) is 0. The maximum atomic E-state index is 12.1. The van der Waals surface area contributed by atoms with E-state index in [4.69, 9.17) is 0 Å². The summed E-state index contributed by atoms with van der Waals surface area (Å²) in [7, 11) is -2.99. The first-order valence-electron chi connectivity index (χ1n) is 7.28. The zero-order valence-electron chi connectivity index (χ0n) is 11.8. The first-order chi connectivity index (χ1) is 8.60. The lowest BCUT2D eigenvalue weighted by Gasteiger charge is -2.16. The van der Waals surface area contributed by atoms with Gasteiger partial charge in [0.05, 0.1) is 5.75 Å². The molecule has 1 atom stereocenters. The number of unbranched alkanes of at least 4 members (excludes halogenated alkanes) is 1. The summed E-state index contributed by atoms with van der Waals surface area (Å²) < 4.78 is 26.0. The molecule has 0 amide bonds. The van der Waals surface area contributed by atoms with Gasteiger partial charge in [0.15, 0.2) is 0 Å². The first kappa shape index (κ1) is 15.9. The summed E-state index contributed by atoms with van der Waals surface area (Å²) in [6.07, 6.45) is 5.07. The molecule has 1 unspecified atom stereocenters. The molecule has 0 aromatic carbocycles.